The molecule has 0 bridgehead atoms. The van der Waals surface area contributed by atoms with Gasteiger partial charge in [-0.1, -0.05) is 18.2 Å². The third-order valence-corrected chi connectivity index (χ3v) is 4.63. The minimum atomic E-state index is -3.16. The fourth-order valence-electron chi connectivity index (χ4n) is 2.58. The second-order valence-electron chi connectivity index (χ2n) is 5.74. The Labute approximate surface area is 124 Å². The van der Waals surface area contributed by atoms with Crippen LogP contribution in [-0.2, 0) is 21.1 Å². The summed E-state index contributed by atoms with van der Waals surface area (Å²) in [5, 5.41) is 0. The van der Waals surface area contributed by atoms with E-state index in [1.807, 2.05) is 0 Å². The number of carbonyl (C=O) groups is 1. The molecule has 0 N–H and O–H groups in total. The summed E-state index contributed by atoms with van der Waals surface area (Å²) >= 11 is 0. The van der Waals surface area contributed by atoms with Crippen LogP contribution in [-0.4, -0.2) is 43.3 Å². The van der Waals surface area contributed by atoms with Gasteiger partial charge in [0.15, 0.2) is 0 Å². The van der Waals surface area contributed by atoms with E-state index < -0.39 is 15.7 Å². The molecule has 2 rings (SSSR count). The molecule has 116 valence electrons. The van der Waals surface area contributed by atoms with Crippen molar-refractivity contribution in [3.63, 3.8) is 0 Å². The highest BCUT2D eigenvalue weighted by molar-refractivity contribution is 7.90. The standard InChI is InChI=1S/C15H20FNO3S/c1-11(10-21(2,19)20)17(13-7-8-13)15(18)9-12-5-3-4-6-14(12)16/h3-6,11,13H,7-10H2,1-2H3/t11-/m0/s1. The lowest BCUT2D eigenvalue weighted by Crippen LogP contribution is -2.44. The number of hydrogen-bond acceptors (Lipinski definition) is 3. The van der Waals surface area contributed by atoms with E-state index in [0.29, 0.717) is 5.56 Å². The van der Waals surface area contributed by atoms with E-state index in [1.54, 1.807) is 30.0 Å². The molecule has 0 spiro atoms. The average Bonchev–Trinajstić information content (AvgIpc) is 3.14. The van der Waals surface area contributed by atoms with Gasteiger partial charge in [0.25, 0.3) is 0 Å². The summed E-state index contributed by atoms with van der Waals surface area (Å²) in [5.74, 6) is -0.678. The zero-order chi connectivity index (χ0) is 15.6. The Morgan fingerprint density at radius 2 is 2.00 bits per heavy atom. The van der Waals surface area contributed by atoms with Gasteiger partial charge >= 0.3 is 0 Å². The molecule has 0 heterocycles. The third-order valence-electron chi connectivity index (χ3n) is 3.55. The summed E-state index contributed by atoms with van der Waals surface area (Å²) in [6, 6.07) is 5.89. The molecular formula is C15H20FNO3S. The predicted octanol–water partition coefficient (Wildman–Crippen LogP) is 1.79. The van der Waals surface area contributed by atoms with Gasteiger partial charge in [-0.3, -0.25) is 4.79 Å². The fourth-order valence-corrected chi connectivity index (χ4v) is 3.61. The first-order chi connectivity index (χ1) is 9.78. The van der Waals surface area contributed by atoms with Gasteiger partial charge in [0.05, 0.1) is 12.2 Å². The topological polar surface area (TPSA) is 54.5 Å². The van der Waals surface area contributed by atoms with Gasteiger partial charge in [0, 0.05) is 18.3 Å². The van der Waals surface area contributed by atoms with Crippen molar-refractivity contribution in [3.05, 3.63) is 35.6 Å². The first-order valence-electron chi connectivity index (χ1n) is 7.00. The van der Waals surface area contributed by atoms with Crippen molar-refractivity contribution in [2.45, 2.75) is 38.3 Å². The minimum absolute atomic E-state index is 0.0305. The lowest BCUT2D eigenvalue weighted by Gasteiger charge is -2.29. The Balaban J connectivity index is 2.11. The average molecular weight is 313 g/mol. The number of halogens is 1. The molecule has 0 aliphatic heterocycles. The van der Waals surface area contributed by atoms with Crippen LogP contribution in [0.5, 0.6) is 0 Å². The zero-order valence-electron chi connectivity index (χ0n) is 12.3. The maximum Gasteiger partial charge on any atom is 0.227 e. The molecule has 0 aromatic heterocycles. The van der Waals surface area contributed by atoms with Gasteiger partial charge in [-0.15, -0.1) is 0 Å². The van der Waals surface area contributed by atoms with Crippen molar-refractivity contribution < 1.29 is 17.6 Å². The van der Waals surface area contributed by atoms with Crippen LogP contribution in [0.1, 0.15) is 25.3 Å². The molecule has 6 heteroatoms. The normalized spacial score (nSPS) is 16.5. The van der Waals surface area contributed by atoms with E-state index in [0.717, 1.165) is 19.1 Å². The molecule has 0 radical (unpaired) electrons. The van der Waals surface area contributed by atoms with E-state index in [9.17, 15) is 17.6 Å². The van der Waals surface area contributed by atoms with E-state index in [4.69, 9.17) is 0 Å². The van der Waals surface area contributed by atoms with Gasteiger partial charge in [-0.05, 0) is 31.4 Å². The Morgan fingerprint density at radius 3 is 2.52 bits per heavy atom. The Morgan fingerprint density at radius 1 is 1.38 bits per heavy atom. The Hall–Kier alpha value is -1.43. The molecule has 0 unspecified atom stereocenters. The van der Waals surface area contributed by atoms with Gasteiger partial charge in [0.2, 0.25) is 5.91 Å². The van der Waals surface area contributed by atoms with Crippen LogP contribution in [0.3, 0.4) is 0 Å². The quantitative estimate of drug-likeness (QED) is 0.804. The molecule has 1 saturated carbocycles. The number of sulfone groups is 1. The second-order valence-corrected chi connectivity index (χ2v) is 7.93. The summed E-state index contributed by atoms with van der Waals surface area (Å²) in [5.41, 5.74) is 0.347. The van der Waals surface area contributed by atoms with Crippen LogP contribution in [0.25, 0.3) is 0 Å². The number of amides is 1. The first-order valence-corrected chi connectivity index (χ1v) is 9.06. The molecular weight excluding hydrogens is 293 g/mol. The highest BCUT2D eigenvalue weighted by Crippen LogP contribution is 2.30. The SMILES string of the molecule is C[C@@H](CS(C)(=O)=O)N(C(=O)Cc1ccccc1F)C1CC1. The maximum absolute atomic E-state index is 13.6. The molecule has 1 aromatic rings. The number of benzene rings is 1. The molecule has 0 saturated heterocycles. The largest absolute Gasteiger partial charge is 0.336 e. The van der Waals surface area contributed by atoms with Crippen LogP contribution < -0.4 is 0 Å². The third kappa shape index (κ3) is 4.52. The molecule has 4 nitrogen and oxygen atoms in total. The van der Waals surface area contributed by atoms with Crippen molar-refractivity contribution in [2.24, 2.45) is 0 Å². The number of rotatable bonds is 6. The van der Waals surface area contributed by atoms with Crippen LogP contribution in [0.2, 0.25) is 0 Å². The van der Waals surface area contributed by atoms with Crippen molar-refractivity contribution in [2.75, 3.05) is 12.0 Å². The molecule has 21 heavy (non-hydrogen) atoms. The van der Waals surface area contributed by atoms with Crippen molar-refractivity contribution in [3.8, 4) is 0 Å². The summed E-state index contributed by atoms with van der Waals surface area (Å²) in [4.78, 5) is 14.1. The second kappa shape index (κ2) is 6.13. The number of carbonyl (C=O) groups excluding carboxylic acids is 1. The fraction of sp³-hybridized carbons (Fsp3) is 0.533. The van der Waals surface area contributed by atoms with E-state index in [2.05, 4.69) is 0 Å². The van der Waals surface area contributed by atoms with Crippen molar-refractivity contribution >= 4 is 15.7 Å². The lowest BCUT2D eigenvalue weighted by atomic mass is 10.1. The predicted molar refractivity (Wildman–Crippen MR) is 79.1 cm³/mol. The summed E-state index contributed by atoms with van der Waals surface area (Å²) in [7, 11) is -3.16. The van der Waals surface area contributed by atoms with Gasteiger partial charge in [-0.2, -0.15) is 0 Å². The van der Waals surface area contributed by atoms with Crippen LogP contribution in [0.15, 0.2) is 24.3 Å². The lowest BCUT2D eigenvalue weighted by molar-refractivity contribution is -0.132. The van der Waals surface area contributed by atoms with Crippen molar-refractivity contribution in [1.82, 2.24) is 4.90 Å². The Bertz CT molecular complexity index is 626. The smallest absolute Gasteiger partial charge is 0.227 e. The molecule has 1 aliphatic rings. The summed E-state index contributed by atoms with van der Waals surface area (Å²) in [6.07, 6.45) is 2.90. The molecule has 1 atom stereocenters. The van der Waals surface area contributed by atoms with Gasteiger partial charge in [0.1, 0.15) is 15.7 Å². The summed E-state index contributed by atoms with van der Waals surface area (Å²) < 4.78 is 36.5. The molecule has 1 aromatic carbocycles. The summed E-state index contributed by atoms with van der Waals surface area (Å²) in [6.45, 7) is 1.73. The maximum atomic E-state index is 13.6. The van der Waals surface area contributed by atoms with E-state index in [1.165, 1.54) is 6.07 Å². The Kier molecular flexibility index (Phi) is 4.66. The van der Waals surface area contributed by atoms with Gasteiger partial charge < -0.3 is 4.90 Å². The number of hydrogen-bond donors (Lipinski definition) is 0. The van der Waals surface area contributed by atoms with Gasteiger partial charge in [-0.25, -0.2) is 12.8 Å². The number of nitrogens with zero attached hydrogens (tertiary/aromatic N) is 1. The minimum Gasteiger partial charge on any atom is -0.336 e. The highest BCUT2D eigenvalue weighted by Gasteiger charge is 2.36. The zero-order valence-corrected chi connectivity index (χ0v) is 13.1. The van der Waals surface area contributed by atoms with Crippen LogP contribution >= 0.6 is 0 Å². The highest BCUT2D eigenvalue weighted by atomic mass is 32.2. The molecule has 1 amide bonds. The molecule has 1 aliphatic carbocycles. The van der Waals surface area contributed by atoms with E-state index >= 15 is 0 Å². The van der Waals surface area contributed by atoms with Crippen molar-refractivity contribution in [1.29, 1.82) is 0 Å². The van der Waals surface area contributed by atoms with Crippen LogP contribution in [0, 0.1) is 5.82 Å². The van der Waals surface area contributed by atoms with Crippen LogP contribution in [0.4, 0.5) is 4.39 Å². The monoisotopic (exact) mass is 313 g/mol. The van der Waals surface area contributed by atoms with E-state index in [-0.39, 0.29) is 30.2 Å². The molecule has 1 fully saturated rings. The first kappa shape index (κ1) is 15.9.